The third-order valence-corrected chi connectivity index (χ3v) is 11.3. The van der Waals surface area contributed by atoms with E-state index < -0.39 is 36.4 Å². The third kappa shape index (κ3) is 11.6. The molecular formula is C41H60FN3O10. The molecule has 55 heavy (non-hydrogen) atoms. The van der Waals surface area contributed by atoms with Gasteiger partial charge in [0.2, 0.25) is 17.6 Å². The first-order chi connectivity index (χ1) is 26.4. The monoisotopic (exact) mass is 773 g/mol. The Morgan fingerprint density at radius 1 is 0.927 bits per heavy atom. The Morgan fingerprint density at radius 2 is 1.67 bits per heavy atom. The summed E-state index contributed by atoms with van der Waals surface area (Å²) in [7, 11) is 3.34. The van der Waals surface area contributed by atoms with Crippen LogP contribution in [0.3, 0.4) is 0 Å². The molecule has 3 fully saturated rings. The van der Waals surface area contributed by atoms with Crippen LogP contribution in [-0.4, -0.2) is 106 Å². The van der Waals surface area contributed by atoms with E-state index in [-0.39, 0.29) is 54.0 Å². The van der Waals surface area contributed by atoms with E-state index in [2.05, 4.69) is 10.6 Å². The van der Waals surface area contributed by atoms with Crippen LogP contribution in [0, 0.1) is 23.7 Å². The zero-order chi connectivity index (χ0) is 39.5. The first-order valence-corrected chi connectivity index (χ1v) is 19.9. The fraction of sp³-hybridized carbons (Fsp3) is 0.707. The number of carbonyl (C=O) groups is 4. The van der Waals surface area contributed by atoms with Crippen LogP contribution in [0.4, 0.5) is 14.9 Å². The molecule has 3 amide bonds. The van der Waals surface area contributed by atoms with E-state index >= 15 is 0 Å². The zero-order valence-electron chi connectivity index (χ0n) is 33.1. The van der Waals surface area contributed by atoms with Crippen molar-refractivity contribution in [2.24, 2.45) is 23.7 Å². The van der Waals surface area contributed by atoms with Gasteiger partial charge in [-0.05, 0) is 121 Å². The molecule has 2 aliphatic carbocycles. The molecule has 1 aliphatic heterocycles. The number of amides is 3. The number of anilines is 1. The van der Waals surface area contributed by atoms with Gasteiger partial charge in [-0.1, -0.05) is 0 Å². The molecule has 1 saturated heterocycles. The van der Waals surface area contributed by atoms with Crippen LogP contribution in [0.15, 0.2) is 28.7 Å². The van der Waals surface area contributed by atoms with Crippen molar-refractivity contribution in [3.05, 3.63) is 30.0 Å². The topological polar surface area (TPSA) is 155 Å². The lowest BCUT2D eigenvalue weighted by atomic mass is 9.75. The van der Waals surface area contributed by atoms with Crippen LogP contribution in [0.25, 0.3) is 11.0 Å². The molecule has 2 heterocycles. The number of fused-ring (bicyclic) bond motifs is 1. The molecular weight excluding hydrogens is 713 g/mol. The van der Waals surface area contributed by atoms with E-state index in [1.54, 1.807) is 64.2 Å². The summed E-state index contributed by atoms with van der Waals surface area (Å²) < 4.78 is 46.5. The van der Waals surface area contributed by atoms with E-state index in [0.29, 0.717) is 75.1 Å². The number of hydrogen-bond donors (Lipinski definition) is 2. The Bertz CT molecular complexity index is 1580. The van der Waals surface area contributed by atoms with Crippen LogP contribution in [0.1, 0.15) is 95.5 Å². The van der Waals surface area contributed by atoms with E-state index in [9.17, 15) is 23.6 Å². The number of nitrogens with zero attached hydrogens (tertiary/aromatic N) is 1. The fourth-order valence-electron chi connectivity index (χ4n) is 8.47. The Labute approximate surface area is 323 Å². The number of likely N-dealkylation sites (tertiary alicyclic amines) is 1. The minimum atomic E-state index is -0.717. The zero-order valence-corrected chi connectivity index (χ0v) is 33.1. The van der Waals surface area contributed by atoms with Gasteiger partial charge in [0.15, 0.2) is 0 Å². The largest absolute Gasteiger partial charge is 0.460 e. The number of alkyl carbamates (subject to hydrolysis) is 1. The Hall–Kier alpha value is -3.75. The van der Waals surface area contributed by atoms with E-state index in [4.69, 9.17) is 28.1 Å². The highest BCUT2D eigenvalue weighted by molar-refractivity contribution is 6.00. The van der Waals surface area contributed by atoms with Gasteiger partial charge in [0, 0.05) is 50.8 Å². The van der Waals surface area contributed by atoms with Gasteiger partial charge < -0.3 is 43.6 Å². The van der Waals surface area contributed by atoms with Gasteiger partial charge in [0.05, 0.1) is 32.0 Å². The maximum Gasteiger partial charge on any atom is 0.407 e. The maximum absolute atomic E-state index is 14.3. The molecule has 1 aromatic carbocycles. The number of esters is 1. The smallest absolute Gasteiger partial charge is 0.407 e. The second-order valence-corrected chi connectivity index (χ2v) is 16.2. The molecule has 3 atom stereocenters. The number of ether oxygens (including phenoxy) is 5. The second kappa shape index (κ2) is 19.9. The first kappa shape index (κ1) is 42.4. The van der Waals surface area contributed by atoms with Crippen LogP contribution in [0.2, 0.25) is 0 Å². The summed E-state index contributed by atoms with van der Waals surface area (Å²) in [6.45, 7) is 6.64. The average Bonchev–Trinajstić information content (AvgIpc) is 3.81. The highest BCUT2D eigenvalue weighted by Crippen LogP contribution is 2.42. The molecule has 2 aromatic rings. The molecule has 14 heteroatoms. The van der Waals surface area contributed by atoms with Crippen molar-refractivity contribution in [2.45, 2.75) is 109 Å². The predicted octanol–water partition coefficient (Wildman–Crippen LogP) is 6.67. The van der Waals surface area contributed by atoms with Crippen LogP contribution in [0.5, 0.6) is 0 Å². The van der Waals surface area contributed by atoms with Crippen molar-refractivity contribution in [3.63, 3.8) is 0 Å². The number of furan rings is 1. The lowest BCUT2D eigenvalue weighted by molar-refractivity contribution is -0.142. The highest BCUT2D eigenvalue weighted by Gasteiger charge is 2.47. The van der Waals surface area contributed by atoms with E-state index in [1.807, 2.05) is 0 Å². The summed E-state index contributed by atoms with van der Waals surface area (Å²) in [5, 5.41) is 6.41. The standard InChI is InChI=1S/C41H60FN3O10/c1-41(2,3)55-40(49)44-33(25-42)27-7-9-28(10-8-27)38(47)45-18-17-32(26-11-14-31(51-5)15-12-26)36(45)37(46)43-30-13-16-34-29(23-30)24-35(54-34)39(48)53-20-6-19-52-22-21-50-4/h13,16,23-24,26-28,31-33,36H,6-12,14-15,17-22,25H2,1-5H3,(H,43,46)(H,44,49)/t26?,27?,28?,31?,32-,33+,36+/m0/s1. The lowest BCUT2D eigenvalue weighted by Crippen LogP contribution is -2.50. The van der Waals surface area contributed by atoms with Crippen molar-refractivity contribution >= 4 is 40.5 Å². The summed E-state index contributed by atoms with van der Waals surface area (Å²) in [5.41, 5.74) is 0.314. The fourth-order valence-corrected chi connectivity index (χ4v) is 8.47. The predicted molar refractivity (Wildman–Crippen MR) is 203 cm³/mol. The Kier molecular flexibility index (Phi) is 15.3. The summed E-state index contributed by atoms with van der Waals surface area (Å²) in [4.78, 5) is 55.4. The summed E-state index contributed by atoms with van der Waals surface area (Å²) in [6, 6.07) is 5.44. The Balaban J connectivity index is 1.23. The lowest BCUT2D eigenvalue weighted by Gasteiger charge is -2.38. The van der Waals surface area contributed by atoms with Crippen molar-refractivity contribution in [3.8, 4) is 0 Å². The number of alkyl halides is 1. The summed E-state index contributed by atoms with van der Waals surface area (Å²) in [6.07, 6.45) is 6.79. The first-order valence-electron chi connectivity index (χ1n) is 19.9. The quantitative estimate of drug-likeness (QED) is 0.140. The molecule has 0 bridgehead atoms. The number of hydrogen-bond acceptors (Lipinski definition) is 10. The maximum atomic E-state index is 14.3. The number of carbonyl (C=O) groups excluding carboxylic acids is 4. The normalized spacial score (nSPS) is 25.0. The second-order valence-electron chi connectivity index (χ2n) is 16.2. The van der Waals surface area contributed by atoms with Gasteiger partial charge in [0.25, 0.3) is 0 Å². The number of methoxy groups -OCH3 is 2. The summed E-state index contributed by atoms with van der Waals surface area (Å²) in [5.74, 6) is -0.942. The molecule has 3 aliphatic rings. The van der Waals surface area contributed by atoms with Crippen LogP contribution >= 0.6 is 0 Å². The molecule has 2 saturated carbocycles. The van der Waals surface area contributed by atoms with Crippen LogP contribution in [-0.2, 0) is 33.3 Å². The van der Waals surface area contributed by atoms with E-state index in [0.717, 1.165) is 32.1 Å². The molecule has 2 N–H and O–H groups in total. The average molecular weight is 774 g/mol. The minimum Gasteiger partial charge on any atom is -0.460 e. The van der Waals surface area contributed by atoms with Gasteiger partial charge >= 0.3 is 12.1 Å². The third-order valence-electron chi connectivity index (χ3n) is 11.3. The van der Waals surface area contributed by atoms with Gasteiger partial charge in [-0.2, -0.15) is 0 Å². The molecule has 0 spiro atoms. The molecule has 5 rings (SSSR count). The van der Waals surface area contributed by atoms with Gasteiger partial charge in [0.1, 0.15) is 23.9 Å². The molecule has 1 aromatic heterocycles. The van der Waals surface area contributed by atoms with Crippen molar-refractivity contribution in [1.29, 1.82) is 0 Å². The highest BCUT2D eigenvalue weighted by atomic mass is 19.1. The van der Waals surface area contributed by atoms with Crippen molar-refractivity contribution < 1.29 is 51.7 Å². The van der Waals surface area contributed by atoms with Gasteiger partial charge in [-0.15, -0.1) is 0 Å². The van der Waals surface area contributed by atoms with E-state index in [1.165, 1.54) is 0 Å². The van der Waals surface area contributed by atoms with Gasteiger partial charge in [-0.3, -0.25) is 9.59 Å². The molecule has 13 nitrogen and oxygen atoms in total. The van der Waals surface area contributed by atoms with Crippen molar-refractivity contribution in [1.82, 2.24) is 10.2 Å². The molecule has 0 radical (unpaired) electrons. The Morgan fingerprint density at radius 3 is 2.35 bits per heavy atom. The molecule has 0 unspecified atom stereocenters. The van der Waals surface area contributed by atoms with Crippen molar-refractivity contribution in [2.75, 3.05) is 59.2 Å². The number of rotatable bonds is 16. The van der Waals surface area contributed by atoms with Crippen LogP contribution < -0.4 is 10.6 Å². The number of benzene rings is 1. The minimum absolute atomic E-state index is 0.00329. The number of nitrogens with one attached hydrogen (secondary N) is 2. The summed E-state index contributed by atoms with van der Waals surface area (Å²) >= 11 is 0. The number of halogens is 1. The molecule has 306 valence electrons. The SMILES string of the molecule is COCCOCCCOC(=O)c1cc2cc(NC(=O)[C@H]3[C@H](C4CCC(OC)CC4)CCN3C(=O)C3CCC([C@@H](CF)NC(=O)OC(C)(C)C)CC3)ccc2o1. The van der Waals surface area contributed by atoms with Gasteiger partial charge in [-0.25, -0.2) is 14.0 Å².